The zero-order chi connectivity index (χ0) is 17.5. The molecule has 0 heterocycles. The van der Waals surface area contributed by atoms with Gasteiger partial charge in [-0.25, -0.2) is 0 Å². The zero-order valence-corrected chi connectivity index (χ0v) is 14.2. The van der Waals surface area contributed by atoms with Crippen LogP contribution in [0, 0.1) is 29.6 Å². The molecular weight excluding hydrogens is 294 g/mol. The highest BCUT2D eigenvalue weighted by Crippen LogP contribution is 2.36. The molecule has 0 spiro atoms. The van der Waals surface area contributed by atoms with E-state index >= 15 is 0 Å². The molecule has 0 saturated carbocycles. The van der Waals surface area contributed by atoms with Crippen molar-refractivity contribution in [2.45, 2.75) is 38.7 Å². The van der Waals surface area contributed by atoms with Crippen LogP contribution < -0.4 is 0 Å². The normalized spacial score (nSPS) is 14.1. The Labute approximate surface area is 137 Å². The predicted octanol–water partition coefficient (Wildman–Crippen LogP) is 2.71. The minimum absolute atomic E-state index is 0.420. The van der Waals surface area contributed by atoms with Crippen LogP contribution in [0.4, 0.5) is 0 Å². The lowest BCUT2D eigenvalue weighted by molar-refractivity contribution is -0.225. The van der Waals surface area contributed by atoms with Crippen molar-refractivity contribution in [3.05, 3.63) is 35.4 Å². The summed E-state index contributed by atoms with van der Waals surface area (Å²) in [5.74, 6) is 0. The fourth-order valence-corrected chi connectivity index (χ4v) is 2.46. The summed E-state index contributed by atoms with van der Waals surface area (Å²) in [5.41, 5.74) is -0.0570. The van der Waals surface area contributed by atoms with Crippen molar-refractivity contribution in [1.29, 1.82) is 10.5 Å². The Kier molecular flexibility index (Phi) is 7.15. The van der Waals surface area contributed by atoms with Crippen LogP contribution in [0.3, 0.4) is 0 Å². The molecular formula is C17H23N3O3. The van der Waals surface area contributed by atoms with Gasteiger partial charge in [0.15, 0.2) is 6.29 Å². The molecule has 2 unspecified atom stereocenters. The second kappa shape index (κ2) is 8.61. The Hall–Kier alpha value is -1.96. The van der Waals surface area contributed by atoms with E-state index in [1.54, 1.807) is 14.0 Å². The SMILES string of the molecule is CCOC(C)OC(C#N)(C#N)C(c1ccccc1C)N(C)OC. The van der Waals surface area contributed by atoms with Crippen LogP contribution in [-0.2, 0) is 14.3 Å². The highest BCUT2D eigenvalue weighted by Gasteiger charge is 2.47. The van der Waals surface area contributed by atoms with Crippen LogP contribution >= 0.6 is 0 Å². The zero-order valence-electron chi connectivity index (χ0n) is 14.2. The van der Waals surface area contributed by atoms with E-state index in [-0.39, 0.29) is 0 Å². The van der Waals surface area contributed by atoms with Crippen LogP contribution in [0.15, 0.2) is 24.3 Å². The van der Waals surface area contributed by atoms with E-state index in [2.05, 4.69) is 0 Å². The number of nitriles is 2. The van der Waals surface area contributed by atoms with Crippen LogP contribution in [0.5, 0.6) is 0 Å². The third-order valence-electron chi connectivity index (χ3n) is 3.61. The molecule has 0 bridgehead atoms. The molecule has 23 heavy (non-hydrogen) atoms. The maximum Gasteiger partial charge on any atom is 0.265 e. The molecule has 6 nitrogen and oxygen atoms in total. The van der Waals surface area contributed by atoms with Gasteiger partial charge in [0.2, 0.25) is 0 Å². The van der Waals surface area contributed by atoms with Gasteiger partial charge in [-0.3, -0.25) is 0 Å². The highest BCUT2D eigenvalue weighted by atomic mass is 16.7. The van der Waals surface area contributed by atoms with Gasteiger partial charge in [-0.15, -0.1) is 0 Å². The van der Waals surface area contributed by atoms with Gasteiger partial charge in [0.1, 0.15) is 18.2 Å². The third kappa shape index (κ3) is 4.28. The van der Waals surface area contributed by atoms with E-state index in [9.17, 15) is 10.5 Å². The van der Waals surface area contributed by atoms with E-state index in [0.29, 0.717) is 6.61 Å². The summed E-state index contributed by atoms with van der Waals surface area (Å²) in [4.78, 5) is 5.28. The summed E-state index contributed by atoms with van der Waals surface area (Å²) in [6, 6.07) is 10.8. The lowest BCUT2D eigenvalue weighted by atomic mass is 9.88. The number of aryl methyl sites for hydroxylation is 1. The number of hydrogen-bond acceptors (Lipinski definition) is 6. The summed E-state index contributed by atoms with van der Waals surface area (Å²) >= 11 is 0. The number of hydrogen-bond donors (Lipinski definition) is 0. The Morgan fingerprint density at radius 1 is 1.26 bits per heavy atom. The van der Waals surface area contributed by atoms with Crippen molar-refractivity contribution >= 4 is 0 Å². The molecule has 1 aromatic rings. The molecule has 0 amide bonds. The van der Waals surface area contributed by atoms with Crippen LogP contribution in [-0.4, -0.2) is 37.7 Å². The summed E-state index contributed by atoms with van der Waals surface area (Å²) < 4.78 is 11.1. The maximum absolute atomic E-state index is 9.73. The molecule has 1 rings (SSSR count). The number of ether oxygens (including phenoxy) is 2. The quantitative estimate of drug-likeness (QED) is 0.542. The number of nitrogens with zero attached hydrogens (tertiary/aromatic N) is 3. The molecule has 1 aromatic carbocycles. The minimum Gasteiger partial charge on any atom is -0.353 e. The van der Waals surface area contributed by atoms with Gasteiger partial charge in [-0.2, -0.15) is 15.6 Å². The molecule has 6 heteroatoms. The van der Waals surface area contributed by atoms with Crippen molar-refractivity contribution < 1.29 is 14.3 Å². The number of hydroxylamine groups is 2. The summed E-state index contributed by atoms with van der Waals surface area (Å²) in [5, 5.41) is 20.9. The van der Waals surface area contributed by atoms with Crippen LogP contribution in [0.25, 0.3) is 0 Å². The summed E-state index contributed by atoms with van der Waals surface area (Å²) in [6.07, 6.45) is -0.698. The van der Waals surface area contributed by atoms with Crippen LogP contribution in [0.2, 0.25) is 0 Å². The van der Waals surface area contributed by atoms with Gasteiger partial charge >= 0.3 is 0 Å². The molecule has 0 radical (unpaired) electrons. The maximum atomic E-state index is 9.73. The first-order valence-corrected chi connectivity index (χ1v) is 7.40. The molecule has 124 valence electrons. The fourth-order valence-electron chi connectivity index (χ4n) is 2.46. The van der Waals surface area contributed by atoms with E-state index in [1.165, 1.54) is 12.2 Å². The van der Waals surface area contributed by atoms with Gasteiger partial charge in [0.25, 0.3) is 5.60 Å². The number of likely N-dealkylation sites (N-methyl/N-ethyl adjacent to an activating group) is 1. The fraction of sp³-hybridized carbons (Fsp3) is 0.529. The van der Waals surface area contributed by atoms with Crippen molar-refractivity contribution in [3.63, 3.8) is 0 Å². The van der Waals surface area contributed by atoms with Gasteiger partial charge < -0.3 is 14.3 Å². The number of rotatable bonds is 8. The minimum atomic E-state index is -1.77. The molecule has 0 aliphatic rings. The monoisotopic (exact) mass is 317 g/mol. The first-order chi connectivity index (χ1) is 11.0. The van der Waals surface area contributed by atoms with Crippen LogP contribution in [0.1, 0.15) is 31.0 Å². The van der Waals surface area contributed by atoms with Gasteiger partial charge in [0.05, 0.1) is 7.11 Å². The molecule has 2 atom stereocenters. The highest BCUT2D eigenvalue weighted by molar-refractivity contribution is 5.37. The summed E-state index contributed by atoms with van der Waals surface area (Å²) in [6.45, 7) is 5.82. The van der Waals surface area contributed by atoms with E-state index < -0.39 is 17.9 Å². The van der Waals surface area contributed by atoms with Crippen molar-refractivity contribution in [3.8, 4) is 12.1 Å². The standard InChI is InChI=1S/C17H23N3O3/c1-6-22-14(3)23-17(11-18,12-19)16(20(4)21-5)15-10-8-7-9-13(15)2/h7-10,14,16H,6H2,1-5H3. The molecule has 0 aliphatic heterocycles. The van der Waals surface area contributed by atoms with E-state index in [0.717, 1.165) is 11.1 Å². The summed E-state index contributed by atoms with van der Waals surface area (Å²) in [7, 11) is 3.14. The van der Waals surface area contributed by atoms with Gasteiger partial charge in [-0.1, -0.05) is 24.3 Å². The topological polar surface area (TPSA) is 78.5 Å². The largest absolute Gasteiger partial charge is 0.353 e. The molecule has 0 N–H and O–H groups in total. The average Bonchev–Trinajstić information content (AvgIpc) is 2.55. The Morgan fingerprint density at radius 2 is 1.87 bits per heavy atom. The lowest BCUT2D eigenvalue weighted by Gasteiger charge is -2.36. The van der Waals surface area contributed by atoms with Crippen molar-refractivity contribution in [1.82, 2.24) is 5.06 Å². The third-order valence-corrected chi connectivity index (χ3v) is 3.61. The van der Waals surface area contributed by atoms with Crippen molar-refractivity contribution in [2.24, 2.45) is 0 Å². The first-order valence-electron chi connectivity index (χ1n) is 7.40. The smallest absolute Gasteiger partial charge is 0.265 e. The van der Waals surface area contributed by atoms with E-state index in [1.807, 2.05) is 50.3 Å². The predicted molar refractivity (Wildman–Crippen MR) is 84.8 cm³/mol. The van der Waals surface area contributed by atoms with Crippen molar-refractivity contribution in [2.75, 3.05) is 20.8 Å². The van der Waals surface area contributed by atoms with Gasteiger partial charge in [-0.05, 0) is 31.9 Å². The first kappa shape index (κ1) is 19.1. The van der Waals surface area contributed by atoms with E-state index in [4.69, 9.17) is 14.3 Å². The lowest BCUT2D eigenvalue weighted by Crippen LogP contribution is -2.47. The Bertz CT molecular complexity index is 577. The van der Waals surface area contributed by atoms with Gasteiger partial charge in [0, 0.05) is 13.7 Å². The average molecular weight is 317 g/mol. The second-order valence-electron chi connectivity index (χ2n) is 5.09. The Balaban J connectivity index is 3.39. The molecule has 0 aliphatic carbocycles. The molecule has 0 fully saturated rings. The number of benzene rings is 1. The molecule has 0 saturated heterocycles. The Morgan fingerprint density at radius 3 is 2.35 bits per heavy atom. The molecule has 0 aromatic heterocycles. The second-order valence-corrected chi connectivity index (χ2v) is 5.09.